The second-order valence-electron chi connectivity index (χ2n) is 6.08. The molecule has 28 heavy (non-hydrogen) atoms. The maximum atomic E-state index is 12.4. The van der Waals surface area contributed by atoms with E-state index in [0.29, 0.717) is 15.8 Å². The van der Waals surface area contributed by atoms with Gasteiger partial charge in [0.05, 0.1) is 4.90 Å². The van der Waals surface area contributed by atoms with E-state index in [1.807, 2.05) is 19.1 Å². The monoisotopic (exact) mass is 431 g/mol. The van der Waals surface area contributed by atoms with Crippen molar-refractivity contribution < 1.29 is 8.42 Å². The molecule has 0 aliphatic carbocycles. The van der Waals surface area contributed by atoms with E-state index in [0.717, 1.165) is 16.9 Å². The molecule has 0 atom stereocenters. The maximum absolute atomic E-state index is 12.4. The zero-order valence-electron chi connectivity index (χ0n) is 14.9. The molecule has 0 aromatic heterocycles. The lowest BCUT2D eigenvalue weighted by Gasteiger charge is -2.12. The summed E-state index contributed by atoms with van der Waals surface area (Å²) >= 11 is 11.1. The van der Waals surface area contributed by atoms with Crippen LogP contribution in [-0.2, 0) is 10.0 Å². The highest BCUT2D eigenvalue weighted by atomic mass is 35.5. The van der Waals surface area contributed by atoms with Crippen LogP contribution in [0.5, 0.6) is 0 Å². The quantitative estimate of drug-likeness (QED) is 0.481. The second kappa shape index (κ2) is 8.60. The first-order valence-corrected chi connectivity index (χ1v) is 10.6. The molecule has 8 heteroatoms. The molecule has 0 fully saturated rings. The van der Waals surface area contributed by atoms with Crippen molar-refractivity contribution in [1.82, 2.24) is 0 Å². The Bertz CT molecular complexity index is 1070. The van der Waals surface area contributed by atoms with Crippen molar-refractivity contribution in [3.05, 3.63) is 83.4 Å². The minimum atomic E-state index is -3.63. The smallest absolute Gasteiger partial charge is 0.261 e. The zero-order chi connectivity index (χ0) is 20.1. The molecule has 0 amide bonds. The van der Waals surface area contributed by atoms with Crippen LogP contribution in [-0.4, -0.2) is 13.5 Å². The lowest BCUT2D eigenvalue weighted by atomic mass is 10.2. The van der Waals surface area contributed by atoms with Gasteiger partial charge in [-0.05, 0) is 79.8 Å². The number of sulfonamides is 1. The van der Waals surface area contributed by atoms with Gasteiger partial charge in [0, 0.05) is 22.1 Å². The topological polar surface area (TPSA) is 70.2 Å². The average molecular weight is 432 g/mol. The molecule has 0 unspecified atom stereocenters. The van der Waals surface area contributed by atoms with Gasteiger partial charge in [0.2, 0.25) is 0 Å². The van der Waals surface area contributed by atoms with E-state index in [1.54, 1.807) is 60.7 Å². The van der Waals surface area contributed by atoms with Gasteiger partial charge in [-0.3, -0.25) is 4.72 Å². The first-order valence-electron chi connectivity index (χ1n) is 8.35. The Morgan fingerprint density at radius 3 is 1.79 bits per heavy atom. The van der Waals surface area contributed by atoms with E-state index in [4.69, 9.17) is 23.8 Å². The van der Waals surface area contributed by atoms with Crippen molar-refractivity contribution in [2.24, 2.45) is 0 Å². The molecule has 0 aliphatic heterocycles. The minimum absolute atomic E-state index is 0.216. The fraction of sp³-hybridized carbons (Fsp3) is 0.0500. The summed E-state index contributed by atoms with van der Waals surface area (Å²) in [6.45, 7) is 1.90. The first kappa shape index (κ1) is 20.1. The summed E-state index contributed by atoms with van der Waals surface area (Å²) in [6, 6.07) is 20.7. The van der Waals surface area contributed by atoms with Crippen molar-refractivity contribution in [1.29, 1.82) is 0 Å². The SMILES string of the molecule is Cc1ccc(S(=O)(=O)Nc2ccc(NC(=S)Nc3ccc(Cl)cc3)cc2)cc1. The number of aryl methyl sites for hydroxylation is 1. The number of rotatable bonds is 5. The molecule has 0 aliphatic rings. The third-order valence-electron chi connectivity index (χ3n) is 3.83. The van der Waals surface area contributed by atoms with Crippen LogP contribution in [0.4, 0.5) is 17.1 Å². The molecule has 5 nitrogen and oxygen atoms in total. The number of hydrogen-bond acceptors (Lipinski definition) is 3. The van der Waals surface area contributed by atoms with Crippen LogP contribution < -0.4 is 15.4 Å². The van der Waals surface area contributed by atoms with Gasteiger partial charge in [0.25, 0.3) is 10.0 Å². The van der Waals surface area contributed by atoms with Crippen molar-refractivity contribution in [3.63, 3.8) is 0 Å². The largest absolute Gasteiger partial charge is 0.332 e. The Kier molecular flexibility index (Phi) is 6.18. The number of benzene rings is 3. The second-order valence-corrected chi connectivity index (χ2v) is 8.61. The van der Waals surface area contributed by atoms with Gasteiger partial charge < -0.3 is 10.6 Å². The minimum Gasteiger partial charge on any atom is -0.332 e. The number of nitrogens with one attached hydrogen (secondary N) is 3. The summed E-state index contributed by atoms with van der Waals surface area (Å²) in [7, 11) is -3.63. The lowest BCUT2D eigenvalue weighted by Crippen LogP contribution is -2.19. The molecule has 0 heterocycles. The van der Waals surface area contributed by atoms with Gasteiger partial charge >= 0.3 is 0 Å². The predicted octanol–water partition coefficient (Wildman–Crippen LogP) is 5.26. The molecular formula is C20H18ClN3O2S2. The summed E-state index contributed by atoms with van der Waals surface area (Å²) < 4.78 is 27.4. The molecule has 144 valence electrons. The summed E-state index contributed by atoms with van der Waals surface area (Å²) in [5.41, 5.74) is 2.99. The third kappa shape index (κ3) is 5.45. The predicted molar refractivity (Wildman–Crippen MR) is 120 cm³/mol. The number of hydrogen-bond donors (Lipinski definition) is 3. The van der Waals surface area contributed by atoms with Crippen LogP contribution in [0.2, 0.25) is 5.02 Å². The van der Waals surface area contributed by atoms with Gasteiger partial charge in [-0.15, -0.1) is 0 Å². The Morgan fingerprint density at radius 1 is 0.786 bits per heavy atom. The lowest BCUT2D eigenvalue weighted by molar-refractivity contribution is 0.601. The maximum Gasteiger partial charge on any atom is 0.261 e. The highest BCUT2D eigenvalue weighted by molar-refractivity contribution is 7.92. The zero-order valence-corrected chi connectivity index (χ0v) is 17.3. The fourth-order valence-electron chi connectivity index (χ4n) is 2.38. The van der Waals surface area contributed by atoms with Crippen LogP contribution in [0.15, 0.2) is 77.7 Å². The van der Waals surface area contributed by atoms with Gasteiger partial charge in [-0.1, -0.05) is 29.3 Å². The Labute approximate surface area is 174 Å². The van der Waals surface area contributed by atoms with Crippen molar-refractivity contribution in [3.8, 4) is 0 Å². The van der Waals surface area contributed by atoms with Crippen LogP contribution in [0.25, 0.3) is 0 Å². The van der Waals surface area contributed by atoms with Crippen molar-refractivity contribution in [2.75, 3.05) is 15.4 Å². The van der Waals surface area contributed by atoms with E-state index >= 15 is 0 Å². The molecule has 3 aromatic carbocycles. The van der Waals surface area contributed by atoms with Crippen LogP contribution in [0, 0.1) is 6.92 Å². The van der Waals surface area contributed by atoms with E-state index < -0.39 is 10.0 Å². The molecule has 3 N–H and O–H groups in total. The fourth-order valence-corrected chi connectivity index (χ4v) is 3.80. The molecule has 0 saturated carbocycles. The van der Waals surface area contributed by atoms with Crippen LogP contribution >= 0.6 is 23.8 Å². The molecule has 0 radical (unpaired) electrons. The Morgan fingerprint density at radius 2 is 1.25 bits per heavy atom. The molecule has 3 aromatic rings. The third-order valence-corrected chi connectivity index (χ3v) is 5.68. The Hall–Kier alpha value is -2.61. The van der Waals surface area contributed by atoms with Gasteiger partial charge in [-0.2, -0.15) is 0 Å². The molecule has 0 bridgehead atoms. The molecular weight excluding hydrogens is 414 g/mol. The highest BCUT2D eigenvalue weighted by Crippen LogP contribution is 2.19. The summed E-state index contributed by atoms with van der Waals surface area (Å²) in [6.07, 6.45) is 0. The van der Waals surface area contributed by atoms with Crippen LogP contribution in [0.1, 0.15) is 5.56 Å². The van der Waals surface area contributed by atoms with E-state index in [1.165, 1.54) is 0 Å². The van der Waals surface area contributed by atoms with Crippen LogP contribution in [0.3, 0.4) is 0 Å². The summed E-state index contributed by atoms with van der Waals surface area (Å²) in [4.78, 5) is 0.216. The normalized spacial score (nSPS) is 10.9. The number of anilines is 3. The molecule has 0 saturated heterocycles. The molecule has 0 spiro atoms. The van der Waals surface area contributed by atoms with Gasteiger partial charge in [-0.25, -0.2) is 8.42 Å². The van der Waals surface area contributed by atoms with Gasteiger partial charge in [0.15, 0.2) is 5.11 Å². The summed E-state index contributed by atoms with van der Waals surface area (Å²) in [5.74, 6) is 0. The Balaban J connectivity index is 1.62. The van der Waals surface area contributed by atoms with Crippen molar-refractivity contribution >= 4 is 56.0 Å². The average Bonchev–Trinajstić information content (AvgIpc) is 2.65. The van der Waals surface area contributed by atoms with Gasteiger partial charge in [0.1, 0.15) is 0 Å². The standard InChI is InChI=1S/C20H18ClN3O2S2/c1-14-2-12-19(13-3-14)28(25,26)24-18-10-8-17(9-11-18)23-20(27)22-16-6-4-15(21)5-7-16/h2-13,24H,1H3,(H2,22,23,27). The first-order chi connectivity index (χ1) is 13.3. The molecule has 3 rings (SSSR count). The number of thiocarbonyl (C=S) groups is 1. The van der Waals surface area contributed by atoms with E-state index in [9.17, 15) is 8.42 Å². The highest BCUT2D eigenvalue weighted by Gasteiger charge is 2.13. The van der Waals surface area contributed by atoms with E-state index in [2.05, 4.69) is 15.4 Å². The summed E-state index contributed by atoms with van der Waals surface area (Å²) in [5, 5.41) is 7.15. The van der Waals surface area contributed by atoms with E-state index in [-0.39, 0.29) is 4.90 Å². The number of halogens is 1. The van der Waals surface area contributed by atoms with Crippen molar-refractivity contribution in [2.45, 2.75) is 11.8 Å².